The smallest absolute Gasteiger partial charge is 0.341 e. The average molecular weight is 419 g/mol. The van der Waals surface area contributed by atoms with Gasteiger partial charge in [-0.2, -0.15) is 0 Å². The van der Waals surface area contributed by atoms with Crippen molar-refractivity contribution >= 4 is 11.0 Å². The number of fused-ring (bicyclic) bond motifs is 1. The van der Waals surface area contributed by atoms with Crippen molar-refractivity contribution in [2.75, 3.05) is 7.11 Å². The van der Waals surface area contributed by atoms with E-state index in [9.17, 15) is 4.79 Å². The third kappa shape index (κ3) is 4.77. The van der Waals surface area contributed by atoms with Crippen LogP contribution in [0.4, 0.5) is 0 Å². The van der Waals surface area contributed by atoms with Crippen LogP contribution in [0.5, 0.6) is 11.5 Å². The minimum atomic E-state index is -0.409. The third-order valence-corrected chi connectivity index (χ3v) is 5.04. The maximum atomic E-state index is 12.4. The topological polar surface area (TPSA) is 79.4 Å². The van der Waals surface area contributed by atoms with Crippen LogP contribution < -0.4 is 15.1 Å². The molecule has 0 radical (unpaired) electrons. The lowest BCUT2D eigenvalue weighted by Crippen LogP contribution is -2.12. The molecule has 2 aromatic carbocycles. The van der Waals surface area contributed by atoms with Crippen molar-refractivity contribution in [3.63, 3.8) is 0 Å². The Hall–Kier alpha value is -3.61. The summed E-state index contributed by atoms with van der Waals surface area (Å²) < 4.78 is 18.0. The van der Waals surface area contributed by atoms with Crippen LogP contribution in [0.3, 0.4) is 0 Å². The highest BCUT2D eigenvalue weighted by Gasteiger charge is 2.13. The Morgan fingerprint density at radius 2 is 1.77 bits per heavy atom. The number of hydrogen-bond acceptors (Lipinski definition) is 6. The highest BCUT2D eigenvalue weighted by molar-refractivity contribution is 5.78. The second kappa shape index (κ2) is 8.26. The number of methoxy groups -OCH3 is 1. The van der Waals surface area contributed by atoms with Crippen LogP contribution in [-0.2, 0) is 18.6 Å². The summed E-state index contributed by atoms with van der Waals surface area (Å²) in [5.74, 6) is 1.41. The van der Waals surface area contributed by atoms with Crippen molar-refractivity contribution in [1.29, 1.82) is 0 Å². The minimum Gasteiger partial charge on any atom is -0.497 e. The van der Waals surface area contributed by atoms with Crippen LogP contribution in [0, 0.1) is 0 Å². The summed E-state index contributed by atoms with van der Waals surface area (Å²) in [5.41, 5.74) is 2.59. The molecule has 0 aliphatic rings. The Morgan fingerprint density at radius 1 is 1.03 bits per heavy atom. The summed E-state index contributed by atoms with van der Waals surface area (Å²) in [4.78, 5) is 12.4. The maximum Gasteiger partial charge on any atom is 0.341 e. The molecule has 0 amide bonds. The summed E-state index contributed by atoms with van der Waals surface area (Å²) >= 11 is 0. The lowest BCUT2D eigenvalue weighted by Gasteiger charge is -2.19. The van der Waals surface area contributed by atoms with E-state index in [1.54, 1.807) is 30.1 Å². The molecular weight excluding hydrogens is 394 g/mol. The molecule has 0 saturated heterocycles. The molecule has 0 aliphatic heterocycles. The first-order valence-corrected chi connectivity index (χ1v) is 10.0. The highest BCUT2D eigenvalue weighted by Crippen LogP contribution is 2.24. The van der Waals surface area contributed by atoms with Crippen molar-refractivity contribution in [2.24, 2.45) is 0 Å². The van der Waals surface area contributed by atoms with Gasteiger partial charge in [0.1, 0.15) is 29.4 Å². The zero-order valence-electron chi connectivity index (χ0n) is 18.1. The zero-order valence-corrected chi connectivity index (χ0v) is 18.1. The Bertz CT molecular complexity index is 1250. The molecule has 0 saturated carbocycles. The molecule has 4 aromatic rings. The molecule has 7 nitrogen and oxygen atoms in total. The fourth-order valence-corrected chi connectivity index (χ4v) is 3.24. The van der Waals surface area contributed by atoms with Gasteiger partial charge in [-0.1, -0.05) is 38.1 Å². The van der Waals surface area contributed by atoms with E-state index in [1.165, 1.54) is 5.56 Å². The molecule has 0 unspecified atom stereocenters. The van der Waals surface area contributed by atoms with Gasteiger partial charge < -0.3 is 13.9 Å². The zero-order chi connectivity index (χ0) is 22.0. The van der Waals surface area contributed by atoms with E-state index in [2.05, 4.69) is 43.2 Å². The largest absolute Gasteiger partial charge is 0.497 e. The van der Waals surface area contributed by atoms with E-state index in [4.69, 9.17) is 13.9 Å². The van der Waals surface area contributed by atoms with Crippen LogP contribution in [0.1, 0.15) is 37.6 Å². The molecule has 0 aliphatic carbocycles. The standard InChI is InChI=1S/C24H25N3O4/c1-24(2,3)18-6-9-20(10-7-18)30-15-19-14-27(26-25-19)13-17-11-16-5-8-21(29-4)12-22(16)31-23(17)28/h5-12,14H,13,15H2,1-4H3. The van der Waals surface area contributed by atoms with Crippen LogP contribution in [0.15, 0.2) is 63.9 Å². The fourth-order valence-electron chi connectivity index (χ4n) is 3.24. The van der Waals surface area contributed by atoms with Gasteiger partial charge in [0.25, 0.3) is 0 Å². The van der Waals surface area contributed by atoms with Crippen molar-refractivity contribution < 1.29 is 13.9 Å². The molecule has 0 atom stereocenters. The van der Waals surface area contributed by atoms with E-state index in [0.717, 1.165) is 11.1 Å². The second-order valence-corrected chi connectivity index (χ2v) is 8.43. The van der Waals surface area contributed by atoms with E-state index >= 15 is 0 Å². The Kier molecular flexibility index (Phi) is 5.50. The second-order valence-electron chi connectivity index (χ2n) is 8.43. The van der Waals surface area contributed by atoms with E-state index in [-0.39, 0.29) is 12.0 Å². The Balaban J connectivity index is 1.43. The van der Waals surface area contributed by atoms with Gasteiger partial charge in [-0.25, -0.2) is 9.48 Å². The van der Waals surface area contributed by atoms with Crippen LogP contribution in [0.25, 0.3) is 11.0 Å². The third-order valence-electron chi connectivity index (χ3n) is 5.04. The molecule has 160 valence electrons. The summed E-state index contributed by atoms with van der Waals surface area (Å²) in [6, 6.07) is 15.2. The molecule has 4 rings (SSSR count). The highest BCUT2D eigenvalue weighted by atomic mass is 16.5. The molecular formula is C24H25N3O4. The summed E-state index contributed by atoms with van der Waals surface area (Å²) in [6.07, 6.45) is 1.77. The number of aromatic nitrogens is 3. The van der Waals surface area contributed by atoms with E-state index in [0.29, 0.717) is 29.2 Å². The Morgan fingerprint density at radius 3 is 2.48 bits per heavy atom. The number of benzene rings is 2. The van der Waals surface area contributed by atoms with Gasteiger partial charge in [-0.3, -0.25) is 0 Å². The molecule has 0 bridgehead atoms. The molecule has 2 aromatic heterocycles. The van der Waals surface area contributed by atoms with Crippen LogP contribution in [-0.4, -0.2) is 22.1 Å². The molecule has 0 spiro atoms. The molecule has 31 heavy (non-hydrogen) atoms. The summed E-state index contributed by atoms with van der Waals surface area (Å²) in [5, 5.41) is 9.06. The maximum absolute atomic E-state index is 12.4. The van der Waals surface area contributed by atoms with Gasteiger partial charge in [0.05, 0.1) is 25.4 Å². The van der Waals surface area contributed by atoms with Gasteiger partial charge in [0, 0.05) is 11.5 Å². The molecule has 0 N–H and O–H groups in total. The van der Waals surface area contributed by atoms with Crippen molar-refractivity contribution in [1.82, 2.24) is 15.0 Å². The molecule has 2 heterocycles. The van der Waals surface area contributed by atoms with E-state index < -0.39 is 5.63 Å². The normalized spacial score (nSPS) is 11.6. The predicted molar refractivity (Wildman–Crippen MR) is 118 cm³/mol. The van der Waals surface area contributed by atoms with Crippen molar-refractivity contribution in [3.05, 3.63) is 82.0 Å². The summed E-state index contributed by atoms with van der Waals surface area (Å²) in [6.45, 7) is 7.08. The Labute approximate surface area is 180 Å². The van der Waals surface area contributed by atoms with Crippen LogP contribution in [0.2, 0.25) is 0 Å². The van der Waals surface area contributed by atoms with Gasteiger partial charge in [0.15, 0.2) is 0 Å². The lowest BCUT2D eigenvalue weighted by molar-refractivity contribution is 0.301. The monoisotopic (exact) mass is 419 g/mol. The molecule has 7 heteroatoms. The van der Waals surface area contributed by atoms with Gasteiger partial charge in [-0.05, 0) is 41.3 Å². The van der Waals surface area contributed by atoms with Gasteiger partial charge >= 0.3 is 5.63 Å². The fraction of sp³-hybridized carbons (Fsp3) is 0.292. The number of hydrogen-bond donors (Lipinski definition) is 0. The van der Waals surface area contributed by atoms with Crippen molar-refractivity contribution in [3.8, 4) is 11.5 Å². The number of rotatable bonds is 6. The number of nitrogens with zero attached hydrogens (tertiary/aromatic N) is 3. The predicted octanol–water partition coefficient (Wildman–Crippen LogP) is 4.32. The SMILES string of the molecule is COc1ccc2cc(Cn3cc(COc4ccc(C(C)(C)C)cc4)nn3)c(=O)oc2c1. The lowest BCUT2D eigenvalue weighted by atomic mass is 9.87. The number of ether oxygens (including phenoxy) is 2. The first kappa shape index (κ1) is 20.7. The average Bonchev–Trinajstić information content (AvgIpc) is 3.19. The van der Waals surface area contributed by atoms with Gasteiger partial charge in [-0.15, -0.1) is 5.10 Å². The minimum absolute atomic E-state index is 0.1000. The first-order valence-electron chi connectivity index (χ1n) is 10.0. The van der Waals surface area contributed by atoms with E-state index in [1.807, 2.05) is 24.3 Å². The van der Waals surface area contributed by atoms with Crippen LogP contribution >= 0.6 is 0 Å². The molecule has 0 fully saturated rings. The van der Waals surface area contributed by atoms with Crippen molar-refractivity contribution in [2.45, 2.75) is 39.3 Å². The van der Waals surface area contributed by atoms with Gasteiger partial charge in [0.2, 0.25) is 0 Å². The quantitative estimate of drug-likeness (QED) is 0.433. The first-order chi connectivity index (χ1) is 14.8. The summed E-state index contributed by atoms with van der Waals surface area (Å²) in [7, 11) is 1.57.